The van der Waals surface area contributed by atoms with Crippen molar-refractivity contribution in [2.24, 2.45) is 5.92 Å². The van der Waals surface area contributed by atoms with Gasteiger partial charge in [-0.05, 0) is 44.5 Å². The van der Waals surface area contributed by atoms with Crippen molar-refractivity contribution in [2.45, 2.75) is 19.3 Å². The van der Waals surface area contributed by atoms with Crippen LogP contribution in [0.3, 0.4) is 0 Å². The topological polar surface area (TPSA) is 57.8 Å². The van der Waals surface area contributed by atoms with Crippen LogP contribution in [0.1, 0.15) is 29.0 Å². The number of hydrogen-bond acceptors (Lipinski definition) is 3. The van der Waals surface area contributed by atoms with Gasteiger partial charge in [-0.3, -0.25) is 0 Å². The number of rotatable bonds is 3. The zero-order valence-corrected chi connectivity index (χ0v) is 11.6. The number of aromatic nitrogens is 2. The van der Waals surface area contributed by atoms with E-state index in [9.17, 15) is 4.79 Å². The molecular formula is C15H19N3O2. The van der Waals surface area contributed by atoms with Crippen molar-refractivity contribution in [1.29, 1.82) is 0 Å². The maximum Gasteiger partial charge on any atom is 0.337 e. The molecular weight excluding hydrogens is 254 g/mol. The highest BCUT2D eigenvalue weighted by atomic mass is 16.4. The van der Waals surface area contributed by atoms with E-state index in [2.05, 4.69) is 16.9 Å². The Morgan fingerprint density at radius 3 is 3.10 bits per heavy atom. The molecule has 1 saturated heterocycles. The molecule has 1 aliphatic heterocycles. The summed E-state index contributed by atoms with van der Waals surface area (Å²) in [6.45, 7) is 2.26. The van der Waals surface area contributed by atoms with Crippen molar-refractivity contribution in [3.05, 3.63) is 35.9 Å². The predicted octanol–water partition coefficient (Wildman–Crippen LogP) is 1.92. The first-order valence-electron chi connectivity index (χ1n) is 7.01. The summed E-state index contributed by atoms with van der Waals surface area (Å²) in [5.74, 6) is 0.667. The summed E-state index contributed by atoms with van der Waals surface area (Å²) in [5.41, 5.74) is 1.26. The third-order valence-electron chi connectivity index (χ3n) is 4.04. The van der Waals surface area contributed by atoms with Gasteiger partial charge in [0.05, 0.1) is 17.3 Å². The summed E-state index contributed by atoms with van der Waals surface area (Å²) in [6.07, 6.45) is 6.84. The molecule has 0 saturated carbocycles. The van der Waals surface area contributed by atoms with Crippen LogP contribution in [0.4, 0.5) is 0 Å². The van der Waals surface area contributed by atoms with Crippen molar-refractivity contribution in [3.8, 4) is 0 Å². The van der Waals surface area contributed by atoms with Gasteiger partial charge >= 0.3 is 5.97 Å². The number of pyridine rings is 1. The molecule has 0 spiro atoms. The quantitative estimate of drug-likeness (QED) is 0.928. The van der Waals surface area contributed by atoms with E-state index in [-0.39, 0.29) is 0 Å². The van der Waals surface area contributed by atoms with E-state index in [0.29, 0.717) is 11.5 Å². The number of imidazole rings is 1. The molecule has 20 heavy (non-hydrogen) atoms. The van der Waals surface area contributed by atoms with Crippen LogP contribution in [0.25, 0.3) is 5.52 Å². The number of aromatic carboxylic acids is 1. The Bertz CT molecular complexity index is 635. The van der Waals surface area contributed by atoms with Crippen molar-refractivity contribution >= 4 is 11.5 Å². The molecule has 0 aliphatic carbocycles. The Labute approximate surface area is 117 Å². The van der Waals surface area contributed by atoms with Gasteiger partial charge < -0.3 is 14.4 Å². The van der Waals surface area contributed by atoms with E-state index in [0.717, 1.165) is 24.3 Å². The first kappa shape index (κ1) is 13.1. The SMILES string of the molecule is CN1CCCC(Cc2ncc3ccc(C(=O)O)cn23)C1. The van der Waals surface area contributed by atoms with Gasteiger partial charge in [0.25, 0.3) is 0 Å². The molecule has 1 aliphatic rings. The maximum absolute atomic E-state index is 11.1. The Morgan fingerprint density at radius 1 is 1.50 bits per heavy atom. The van der Waals surface area contributed by atoms with Crippen molar-refractivity contribution in [3.63, 3.8) is 0 Å². The molecule has 1 N–H and O–H groups in total. The summed E-state index contributed by atoms with van der Waals surface area (Å²) in [6, 6.07) is 3.43. The summed E-state index contributed by atoms with van der Waals surface area (Å²) in [7, 11) is 2.15. The number of fused-ring (bicyclic) bond motifs is 1. The minimum absolute atomic E-state index is 0.303. The van der Waals surface area contributed by atoms with Gasteiger partial charge in [0.15, 0.2) is 0 Å². The first-order chi connectivity index (χ1) is 9.63. The zero-order chi connectivity index (χ0) is 14.1. The molecule has 5 nitrogen and oxygen atoms in total. The van der Waals surface area contributed by atoms with Gasteiger partial charge in [0.2, 0.25) is 0 Å². The minimum Gasteiger partial charge on any atom is -0.478 e. The number of carboxylic acid groups (broad SMARTS) is 1. The lowest BCUT2D eigenvalue weighted by Crippen LogP contribution is -2.33. The third-order valence-corrected chi connectivity index (χ3v) is 4.04. The molecule has 0 amide bonds. The number of piperidine rings is 1. The highest BCUT2D eigenvalue weighted by Gasteiger charge is 2.19. The Balaban J connectivity index is 1.87. The highest BCUT2D eigenvalue weighted by Crippen LogP contribution is 2.20. The van der Waals surface area contributed by atoms with Gasteiger partial charge in [-0.15, -0.1) is 0 Å². The van der Waals surface area contributed by atoms with Crippen molar-refractivity contribution in [1.82, 2.24) is 14.3 Å². The monoisotopic (exact) mass is 273 g/mol. The van der Waals surface area contributed by atoms with E-state index in [1.165, 1.54) is 19.4 Å². The number of carboxylic acids is 1. The molecule has 0 bridgehead atoms. The van der Waals surface area contributed by atoms with Crippen LogP contribution in [0.2, 0.25) is 0 Å². The van der Waals surface area contributed by atoms with Crippen LogP contribution in [-0.2, 0) is 6.42 Å². The molecule has 0 radical (unpaired) electrons. The van der Waals surface area contributed by atoms with Crippen molar-refractivity contribution < 1.29 is 9.90 Å². The number of likely N-dealkylation sites (tertiary alicyclic amines) is 1. The normalized spacial score (nSPS) is 20.4. The van der Waals surface area contributed by atoms with Crippen LogP contribution >= 0.6 is 0 Å². The van der Waals surface area contributed by atoms with Crippen LogP contribution in [-0.4, -0.2) is 45.5 Å². The second-order valence-electron chi connectivity index (χ2n) is 5.67. The average molecular weight is 273 g/mol. The summed E-state index contributed by atoms with van der Waals surface area (Å²) >= 11 is 0. The molecule has 1 fully saturated rings. The van der Waals surface area contributed by atoms with Crippen LogP contribution in [0.15, 0.2) is 24.5 Å². The molecule has 2 aromatic rings. The van der Waals surface area contributed by atoms with Crippen LogP contribution in [0, 0.1) is 5.92 Å². The summed E-state index contributed by atoms with van der Waals surface area (Å²) < 4.78 is 1.91. The largest absolute Gasteiger partial charge is 0.478 e. The van der Waals surface area contributed by atoms with Gasteiger partial charge in [-0.1, -0.05) is 0 Å². The van der Waals surface area contributed by atoms with E-state index in [4.69, 9.17) is 5.11 Å². The molecule has 1 atom stereocenters. The maximum atomic E-state index is 11.1. The second kappa shape index (κ2) is 5.25. The van der Waals surface area contributed by atoms with E-state index >= 15 is 0 Å². The average Bonchev–Trinajstić information content (AvgIpc) is 2.81. The predicted molar refractivity (Wildman–Crippen MR) is 76.1 cm³/mol. The molecule has 5 heteroatoms. The Kier molecular flexibility index (Phi) is 3.44. The minimum atomic E-state index is -0.899. The summed E-state index contributed by atoms with van der Waals surface area (Å²) in [4.78, 5) is 17.9. The molecule has 106 valence electrons. The molecule has 3 heterocycles. The lowest BCUT2D eigenvalue weighted by molar-refractivity contribution is 0.0696. The van der Waals surface area contributed by atoms with Crippen LogP contribution < -0.4 is 0 Å². The van der Waals surface area contributed by atoms with Gasteiger partial charge in [-0.25, -0.2) is 9.78 Å². The number of hydrogen-bond donors (Lipinski definition) is 1. The highest BCUT2D eigenvalue weighted by molar-refractivity contribution is 5.87. The lowest BCUT2D eigenvalue weighted by atomic mass is 9.95. The fourth-order valence-electron chi connectivity index (χ4n) is 3.02. The third kappa shape index (κ3) is 2.54. The first-order valence-corrected chi connectivity index (χ1v) is 7.01. The fourth-order valence-corrected chi connectivity index (χ4v) is 3.02. The second-order valence-corrected chi connectivity index (χ2v) is 5.67. The molecule has 0 aromatic carbocycles. The van der Waals surface area contributed by atoms with E-state index in [1.54, 1.807) is 12.3 Å². The van der Waals surface area contributed by atoms with E-state index in [1.807, 2.05) is 16.7 Å². The standard InChI is InChI=1S/C15H19N3O2/c1-17-6-2-3-11(9-17)7-14-16-8-13-5-4-12(15(19)20)10-18(13)14/h4-5,8,10-11H,2-3,6-7,9H2,1H3,(H,19,20). The Morgan fingerprint density at radius 2 is 2.35 bits per heavy atom. The zero-order valence-electron chi connectivity index (χ0n) is 11.6. The number of nitrogens with zero attached hydrogens (tertiary/aromatic N) is 3. The number of carbonyl (C=O) groups is 1. The Hall–Kier alpha value is -1.88. The van der Waals surface area contributed by atoms with Gasteiger partial charge in [-0.2, -0.15) is 0 Å². The van der Waals surface area contributed by atoms with Gasteiger partial charge in [0, 0.05) is 19.2 Å². The van der Waals surface area contributed by atoms with Gasteiger partial charge in [0.1, 0.15) is 5.82 Å². The molecule has 1 unspecified atom stereocenters. The lowest BCUT2D eigenvalue weighted by Gasteiger charge is -2.29. The summed E-state index contributed by atoms with van der Waals surface area (Å²) in [5, 5.41) is 9.09. The van der Waals surface area contributed by atoms with Crippen LogP contribution in [0.5, 0.6) is 0 Å². The molecule has 3 rings (SSSR count). The van der Waals surface area contributed by atoms with E-state index < -0.39 is 5.97 Å². The fraction of sp³-hybridized carbons (Fsp3) is 0.467. The smallest absolute Gasteiger partial charge is 0.337 e. The molecule has 2 aromatic heterocycles. The van der Waals surface area contributed by atoms with Crippen molar-refractivity contribution in [2.75, 3.05) is 20.1 Å².